The maximum absolute atomic E-state index is 12.5. The summed E-state index contributed by atoms with van der Waals surface area (Å²) in [6, 6.07) is 10.9. The number of aryl methyl sites for hydroxylation is 2. The van der Waals surface area contributed by atoms with Crippen molar-refractivity contribution in [3.63, 3.8) is 0 Å². The first kappa shape index (κ1) is 15.5. The van der Waals surface area contributed by atoms with Crippen molar-refractivity contribution in [1.29, 1.82) is 0 Å². The molecule has 2 aromatic carbocycles. The molecule has 0 saturated heterocycles. The molecule has 0 aliphatic carbocycles. The number of nitrogens with zero attached hydrogens (tertiary/aromatic N) is 1. The number of amides is 1. The molecule has 0 aliphatic rings. The molecule has 0 spiro atoms. The minimum absolute atomic E-state index is 0.0362. The highest BCUT2D eigenvalue weighted by molar-refractivity contribution is 7.22. The highest BCUT2D eigenvalue weighted by Gasteiger charge is 2.16. The Labute approximate surface area is 146 Å². The van der Waals surface area contributed by atoms with Gasteiger partial charge in [-0.25, -0.2) is 4.98 Å². The predicted octanol–water partition coefficient (Wildman–Crippen LogP) is 4.27. The number of hydrogen-bond acceptors (Lipinski definition) is 5. The van der Waals surface area contributed by atoms with Gasteiger partial charge in [0.05, 0.1) is 15.6 Å². The molecule has 5 nitrogen and oxygen atoms in total. The van der Waals surface area contributed by atoms with Crippen LogP contribution in [0.2, 0.25) is 0 Å². The number of anilines is 1. The average molecular weight is 350 g/mol. The summed E-state index contributed by atoms with van der Waals surface area (Å²) < 4.78 is 6.39. The molecule has 0 radical (unpaired) electrons. The van der Waals surface area contributed by atoms with Crippen LogP contribution in [0.1, 0.15) is 21.5 Å². The van der Waals surface area contributed by atoms with E-state index in [2.05, 4.69) is 10.3 Å². The first-order valence-electron chi connectivity index (χ1n) is 7.73. The molecule has 2 aromatic heterocycles. The summed E-state index contributed by atoms with van der Waals surface area (Å²) in [6.07, 6.45) is 1.20. The minimum Gasteiger partial charge on any atom is -0.463 e. The molecule has 0 unspecified atom stereocenters. The van der Waals surface area contributed by atoms with Crippen molar-refractivity contribution in [2.45, 2.75) is 13.8 Å². The minimum atomic E-state index is -0.520. The van der Waals surface area contributed by atoms with Crippen LogP contribution in [0.3, 0.4) is 0 Å². The Morgan fingerprint density at radius 1 is 1.16 bits per heavy atom. The van der Waals surface area contributed by atoms with Gasteiger partial charge in [0.25, 0.3) is 5.91 Å². The molecule has 1 N–H and O–H groups in total. The van der Waals surface area contributed by atoms with Gasteiger partial charge >= 0.3 is 0 Å². The highest BCUT2D eigenvalue weighted by Crippen LogP contribution is 2.29. The van der Waals surface area contributed by atoms with Crippen LogP contribution < -0.4 is 10.7 Å². The van der Waals surface area contributed by atoms with Crippen molar-refractivity contribution in [3.05, 3.63) is 69.6 Å². The van der Waals surface area contributed by atoms with Gasteiger partial charge in [-0.1, -0.05) is 29.5 Å². The fourth-order valence-electron chi connectivity index (χ4n) is 2.68. The number of fused-ring (bicyclic) bond motifs is 2. The van der Waals surface area contributed by atoms with Crippen LogP contribution in [0.4, 0.5) is 5.13 Å². The van der Waals surface area contributed by atoms with Crippen LogP contribution in [-0.2, 0) is 0 Å². The van der Waals surface area contributed by atoms with Crippen LogP contribution in [0.25, 0.3) is 21.2 Å². The number of aromatic nitrogens is 1. The summed E-state index contributed by atoms with van der Waals surface area (Å²) in [6.45, 7) is 4.02. The van der Waals surface area contributed by atoms with Gasteiger partial charge in [-0.2, -0.15) is 0 Å². The standard InChI is InChI=1S/C19H14N2O3S/c1-10-7-8-15-16(11(10)2)20-19(25-15)21-18(23)13-9-24-14-6-4-3-5-12(14)17(13)22/h3-9H,1-2H3,(H,20,21,23). The largest absolute Gasteiger partial charge is 0.463 e. The molecule has 0 fully saturated rings. The van der Waals surface area contributed by atoms with Gasteiger partial charge < -0.3 is 4.42 Å². The second-order valence-electron chi connectivity index (χ2n) is 5.80. The van der Waals surface area contributed by atoms with Gasteiger partial charge in [0.2, 0.25) is 5.43 Å². The number of carbonyl (C=O) groups excluding carboxylic acids is 1. The molecular formula is C19H14N2O3S. The Morgan fingerprint density at radius 2 is 1.96 bits per heavy atom. The topological polar surface area (TPSA) is 72.2 Å². The quantitative estimate of drug-likeness (QED) is 0.586. The summed E-state index contributed by atoms with van der Waals surface area (Å²) in [5, 5.41) is 3.55. The number of carbonyl (C=O) groups is 1. The van der Waals surface area contributed by atoms with Crippen LogP contribution in [0.15, 0.2) is 51.9 Å². The Morgan fingerprint density at radius 3 is 2.80 bits per heavy atom. The first-order chi connectivity index (χ1) is 12.0. The lowest BCUT2D eigenvalue weighted by Crippen LogP contribution is -2.21. The Hall–Kier alpha value is -2.99. The second-order valence-corrected chi connectivity index (χ2v) is 6.83. The lowest BCUT2D eigenvalue weighted by molar-refractivity contribution is 0.102. The molecule has 25 heavy (non-hydrogen) atoms. The summed E-state index contributed by atoms with van der Waals surface area (Å²) >= 11 is 1.38. The molecule has 0 saturated carbocycles. The lowest BCUT2D eigenvalue weighted by atomic mass is 10.1. The van der Waals surface area contributed by atoms with Crippen molar-refractivity contribution in [2.75, 3.05) is 5.32 Å². The molecular weight excluding hydrogens is 336 g/mol. The van der Waals surface area contributed by atoms with Gasteiger partial charge in [-0.05, 0) is 43.2 Å². The average Bonchev–Trinajstić information content (AvgIpc) is 3.02. The number of rotatable bonds is 2. The third-order valence-electron chi connectivity index (χ3n) is 4.23. The van der Waals surface area contributed by atoms with Crippen molar-refractivity contribution in [1.82, 2.24) is 4.98 Å². The van der Waals surface area contributed by atoms with E-state index in [0.717, 1.165) is 21.3 Å². The summed E-state index contributed by atoms with van der Waals surface area (Å²) in [7, 11) is 0. The number of nitrogens with one attached hydrogen (secondary N) is 1. The van der Waals surface area contributed by atoms with Crippen LogP contribution in [0, 0.1) is 13.8 Å². The third-order valence-corrected chi connectivity index (χ3v) is 5.17. The zero-order valence-corrected chi connectivity index (χ0v) is 14.4. The van der Waals surface area contributed by atoms with E-state index in [1.807, 2.05) is 26.0 Å². The highest BCUT2D eigenvalue weighted by atomic mass is 32.1. The zero-order valence-electron chi connectivity index (χ0n) is 13.6. The van der Waals surface area contributed by atoms with Gasteiger partial charge in [-0.3, -0.25) is 14.9 Å². The predicted molar refractivity (Wildman–Crippen MR) is 99.5 cm³/mol. The normalized spacial score (nSPS) is 11.1. The van der Waals surface area contributed by atoms with Crippen molar-refractivity contribution < 1.29 is 9.21 Å². The number of benzene rings is 2. The molecule has 1 amide bonds. The number of hydrogen-bond donors (Lipinski definition) is 1. The molecule has 6 heteroatoms. The molecule has 4 rings (SSSR count). The summed E-state index contributed by atoms with van der Waals surface area (Å²) in [4.78, 5) is 29.5. The van der Waals surface area contributed by atoms with E-state index in [4.69, 9.17) is 4.42 Å². The first-order valence-corrected chi connectivity index (χ1v) is 8.55. The van der Waals surface area contributed by atoms with Crippen LogP contribution in [-0.4, -0.2) is 10.9 Å². The number of para-hydroxylation sites is 1. The van der Waals surface area contributed by atoms with E-state index in [0.29, 0.717) is 16.1 Å². The van der Waals surface area contributed by atoms with Crippen molar-refractivity contribution in [2.24, 2.45) is 0 Å². The molecule has 0 aliphatic heterocycles. The fraction of sp³-hybridized carbons (Fsp3) is 0.105. The summed E-state index contributed by atoms with van der Waals surface area (Å²) in [5.41, 5.74) is 3.16. The maximum Gasteiger partial charge on any atom is 0.264 e. The smallest absolute Gasteiger partial charge is 0.264 e. The Kier molecular flexibility index (Phi) is 3.62. The van der Waals surface area contributed by atoms with Gasteiger partial charge in [0.15, 0.2) is 5.13 Å². The maximum atomic E-state index is 12.5. The van der Waals surface area contributed by atoms with Crippen LogP contribution >= 0.6 is 11.3 Å². The number of thiazole rings is 1. The molecule has 124 valence electrons. The molecule has 2 heterocycles. The monoisotopic (exact) mass is 350 g/mol. The molecule has 4 aromatic rings. The van der Waals surface area contributed by atoms with Crippen LogP contribution in [0.5, 0.6) is 0 Å². The lowest BCUT2D eigenvalue weighted by Gasteiger charge is -2.02. The van der Waals surface area contributed by atoms with E-state index < -0.39 is 5.91 Å². The van der Waals surface area contributed by atoms with E-state index in [1.54, 1.807) is 24.3 Å². The van der Waals surface area contributed by atoms with Crippen molar-refractivity contribution >= 4 is 43.6 Å². The molecule has 0 bridgehead atoms. The zero-order chi connectivity index (χ0) is 17.6. The Bertz CT molecular complexity index is 1190. The van der Waals surface area contributed by atoms with E-state index in [1.165, 1.54) is 17.6 Å². The van der Waals surface area contributed by atoms with Gasteiger partial charge in [-0.15, -0.1) is 0 Å². The second kappa shape index (κ2) is 5.82. The van der Waals surface area contributed by atoms with Gasteiger partial charge in [0, 0.05) is 0 Å². The third kappa shape index (κ3) is 2.60. The fourth-order valence-corrected chi connectivity index (χ4v) is 3.60. The SMILES string of the molecule is Cc1ccc2sc(NC(=O)c3coc4ccccc4c3=O)nc2c1C. The van der Waals surface area contributed by atoms with E-state index >= 15 is 0 Å². The summed E-state index contributed by atoms with van der Waals surface area (Å²) in [5.74, 6) is -0.520. The Balaban J connectivity index is 1.72. The van der Waals surface area contributed by atoms with E-state index in [9.17, 15) is 9.59 Å². The van der Waals surface area contributed by atoms with E-state index in [-0.39, 0.29) is 11.0 Å². The van der Waals surface area contributed by atoms with Gasteiger partial charge in [0.1, 0.15) is 17.4 Å². The van der Waals surface area contributed by atoms with Crippen molar-refractivity contribution in [3.8, 4) is 0 Å². The molecule has 0 atom stereocenters.